The number of nitrogens with two attached hydrogens (primary N) is 1. The van der Waals surface area contributed by atoms with Gasteiger partial charge < -0.3 is 21.3 Å². The van der Waals surface area contributed by atoms with E-state index in [2.05, 4.69) is 41.7 Å². The highest BCUT2D eigenvalue weighted by atomic mass is 15.3. The fourth-order valence-corrected chi connectivity index (χ4v) is 4.64. The summed E-state index contributed by atoms with van der Waals surface area (Å²) in [4.78, 5) is 16.3. The monoisotopic (exact) mass is 485 g/mol. The van der Waals surface area contributed by atoms with Crippen LogP contribution in [0.15, 0.2) is 48.9 Å². The molecule has 0 aromatic carbocycles. The molecule has 0 atom stereocenters. The zero-order valence-corrected chi connectivity index (χ0v) is 21.4. The van der Waals surface area contributed by atoms with E-state index >= 15 is 0 Å². The minimum absolute atomic E-state index is 0.230. The molecule has 0 aliphatic heterocycles. The summed E-state index contributed by atoms with van der Waals surface area (Å²) in [6.07, 6.45) is 9.80. The molecule has 9 nitrogen and oxygen atoms in total. The van der Waals surface area contributed by atoms with Crippen LogP contribution in [0.5, 0.6) is 0 Å². The lowest BCUT2D eigenvalue weighted by Gasteiger charge is -2.28. The van der Waals surface area contributed by atoms with Crippen LogP contribution in [0, 0.1) is 0 Å². The number of fused-ring (bicyclic) bond motifs is 1. The van der Waals surface area contributed by atoms with Crippen molar-refractivity contribution in [2.45, 2.75) is 57.7 Å². The molecule has 0 unspecified atom stereocenters. The van der Waals surface area contributed by atoms with Crippen molar-refractivity contribution in [1.29, 1.82) is 0 Å². The molecule has 4 aromatic rings. The van der Waals surface area contributed by atoms with Crippen molar-refractivity contribution >= 4 is 34.0 Å². The average Bonchev–Trinajstić information content (AvgIpc) is 3.29. The van der Waals surface area contributed by atoms with Crippen molar-refractivity contribution in [2.24, 2.45) is 5.73 Å². The predicted octanol–water partition coefficient (Wildman–Crippen LogP) is 4.96. The SMILES string of the molecule is CC(C)n1ncc2ccc(Nc3cc(NC4CCC(N)CC4)c(-c4ccc(N(C)C)cn4)cn3)nc21. The van der Waals surface area contributed by atoms with Gasteiger partial charge in [-0.25, -0.2) is 14.6 Å². The van der Waals surface area contributed by atoms with Crippen molar-refractivity contribution in [3.63, 3.8) is 0 Å². The van der Waals surface area contributed by atoms with Crippen LogP contribution in [-0.2, 0) is 0 Å². The van der Waals surface area contributed by atoms with Gasteiger partial charge in [0.15, 0.2) is 5.65 Å². The molecule has 0 bridgehead atoms. The van der Waals surface area contributed by atoms with E-state index in [4.69, 9.17) is 20.7 Å². The first-order chi connectivity index (χ1) is 17.4. The van der Waals surface area contributed by atoms with Crippen molar-refractivity contribution < 1.29 is 0 Å². The Balaban J connectivity index is 1.46. The Bertz CT molecular complexity index is 1320. The topological polar surface area (TPSA) is 110 Å². The van der Waals surface area contributed by atoms with Crippen LogP contribution < -0.4 is 21.3 Å². The summed E-state index contributed by atoms with van der Waals surface area (Å²) >= 11 is 0. The standard InChI is InChI=1S/C27H35N9/c1-17(2)36-27-18(14-31-36)5-12-25(34-27)33-26-13-24(32-20-8-6-19(28)7-9-20)22(16-30-26)23-11-10-21(15-29-23)35(3)4/h5,10-17,19-20H,6-9,28H2,1-4H3,(H2,30,32,33,34). The van der Waals surface area contributed by atoms with Crippen LogP contribution in [-0.4, -0.2) is 50.9 Å². The molecule has 5 rings (SSSR count). The maximum atomic E-state index is 6.15. The van der Waals surface area contributed by atoms with Crippen LogP contribution in [0.4, 0.5) is 23.0 Å². The lowest BCUT2D eigenvalue weighted by atomic mass is 9.91. The van der Waals surface area contributed by atoms with Crippen LogP contribution in [0.25, 0.3) is 22.3 Å². The summed E-state index contributed by atoms with van der Waals surface area (Å²) in [6.45, 7) is 4.20. The lowest BCUT2D eigenvalue weighted by Crippen LogP contribution is -2.32. The molecule has 4 heterocycles. The van der Waals surface area contributed by atoms with E-state index < -0.39 is 0 Å². The molecular weight excluding hydrogens is 450 g/mol. The minimum atomic E-state index is 0.230. The molecule has 0 saturated heterocycles. The molecule has 36 heavy (non-hydrogen) atoms. The summed E-state index contributed by atoms with van der Waals surface area (Å²) in [6, 6.07) is 11.1. The van der Waals surface area contributed by atoms with Crippen molar-refractivity contribution in [3.8, 4) is 11.3 Å². The highest BCUT2D eigenvalue weighted by Gasteiger charge is 2.20. The zero-order chi connectivity index (χ0) is 25.2. The van der Waals surface area contributed by atoms with Gasteiger partial charge in [0.2, 0.25) is 0 Å². The molecule has 1 aliphatic carbocycles. The van der Waals surface area contributed by atoms with E-state index in [1.54, 1.807) is 0 Å². The number of pyridine rings is 3. The molecule has 188 valence electrons. The van der Waals surface area contributed by atoms with Crippen LogP contribution in [0.2, 0.25) is 0 Å². The third kappa shape index (κ3) is 5.11. The number of anilines is 4. The van der Waals surface area contributed by atoms with E-state index in [0.29, 0.717) is 12.1 Å². The van der Waals surface area contributed by atoms with Gasteiger partial charge in [0, 0.05) is 61.1 Å². The third-order valence-electron chi connectivity index (χ3n) is 6.76. The highest BCUT2D eigenvalue weighted by molar-refractivity contribution is 5.80. The molecule has 4 aromatic heterocycles. The second-order valence-corrected chi connectivity index (χ2v) is 10.1. The number of nitrogens with one attached hydrogen (secondary N) is 2. The number of aromatic nitrogens is 5. The largest absolute Gasteiger partial charge is 0.382 e. The Kier molecular flexibility index (Phi) is 6.73. The van der Waals surface area contributed by atoms with Crippen LogP contribution >= 0.6 is 0 Å². The average molecular weight is 486 g/mol. The molecule has 4 N–H and O–H groups in total. The van der Waals surface area contributed by atoms with Crippen molar-refractivity contribution in [1.82, 2.24) is 24.7 Å². The van der Waals surface area contributed by atoms with E-state index in [1.807, 2.05) is 60.5 Å². The molecular formula is C27H35N9. The third-order valence-corrected chi connectivity index (χ3v) is 6.76. The predicted molar refractivity (Wildman–Crippen MR) is 147 cm³/mol. The fourth-order valence-electron chi connectivity index (χ4n) is 4.64. The summed E-state index contributed by atoms with van der Waals surface area (Å²) in [7, 11) is 4.03. The first-order valence-corrected chi connectivity index (χ1v) is 12.6. The Morgan fingerprint density at radius 2 is 1.78 bits per heavy atom. The van der Waals surface area contributed by atoms with Gasteiger partial charge in [0.25, 0.3) is 0 Å². The summed E-state index contributed by atoms with van der Waals surface area (Å²) in [5, 5.41) is 12.6. The molecule has 0 spiro atoms. The van der Waals surface area contributed by atoms with Gasteiger partial charge in [-0.3, -0.25) is 4.98 Å². The Morgan fingerprint density at radius 1 is 0.972 bits per heavy atom. The Hall–Kier alpha value is -3.72. The van der Waals surface area contributed by atoms with E-state index in [9.17, 15) is 0 Å². The van der Waals surface area contributed by atoms with Gasteiger partial charge in [-0.05, 0) is 63.8 Å². The minimum Gasteiger partial charge on any atom is -0.382 e. The zero-order valence-electron chi connectivity index (χ0n) is 21.4. The highest BCUT2D eigenvalue weighted by Crippen LogP contribution is 2.32. The summed E-state index contributed by atoms with van der Waals surface area (Å²) in [5.74, 6) is 1.45. The molecule has 1 fully saturated rings. The van der Waals surface area contributed by atoms with Crippen LogP contribution in [0.3, 0.4) is 0 Å². The van der Waals surface area contributed by atoms with Gasteiger partial charge in [-0.15, -0.1) is 0 Å². The Morgan fingerprint density at radius 3 is 2.47 bits per heavy atom. The maximum Gasteiger partial charge on any atom is 0.160 e. The van der Waals surface area contributed by atoms with Gasteiger partial charge >= 0.3 is 0 Å². The van der Waals surface area contributed by atoms with Crippen molar-refractivity contribution in [3.05, 3.63) is 48.9 Å². The van der Waals surface area contributed by atoms with Crippen molar-refractivity contribution in [2.75, 3.05) is 29.6 Å². The normalized spacial score (nSPS) is 17.9. The lowest BCUT2D eigenvalue weighted by molar-refractivity contribution is 0.411. The summed E-state index contributed by atoms with van der Waals surface area (Å²) in [5.41, 5.74) is 10.9. The number of nitrogens with zero attached hydrogens (tertiary/aromatic N) is 6. The molecule has 9 heteroatoms. The first-order valence-electron chi connectivity index (χ1n) is 12.6. The molecule has 1 aliphatic rings. The quantitative estimate of drug-likeness (QED) is 0.337. The second kappa shape index (κ2) is 10.1. The maximum absolute atomic E-state index is 6.15. The molecule has 1 saturated carbocycles. The number of hydrogen-bond donors (Lipinski definition) is 3. The van der Waals surface area contributed by atoms with E-state index in [0.717, 1.165) is 71.0 Å². The van der Waals surface area contributed by atoms with Gasteiger partial charge in [0.1, 0.15) is 11.6 Å². The van der Waals surface area contributed by atoms with Gasteiger partial charge in [-0.2, -0.15) is 5.10 Å². The second-order valence-electron chi connectivity index (χ2n) is 10.1. The molecule has 0 radical (unpaired) electrons. The summed E-state index contributed by atoms with van der Waals surface area (Å²) < 4.78 is 1.93. The smallest absolute Gasteiger partial charge is 0.160 e. The fraction of sp³-hybridized carbons (Fsp3) is 0.407. The van der Waals surface area contributed by atoms with Gasteiger partial charge in [-0.1, -0.05) is 0 Å². The number of rotatable bonds is 7. The van der Waals surface area contributed by atoms with E-state index in [1.165, 1.54) is 0 Å². The van der Waals surface area contributed by atoms with Gasteiger partial charge in [0.05, 0.1) is 23.8 Å². The Labute approximate surface area is 212 Å². The number of hydrogen-bond acceptors (Lipinski definition) is 8. The molecule has 0 amide bonds. The van der Waals surface area contributed by atoms with E-state index in [-0.39, 0.29) is 6.04 Å². The van der Waals surface area contributed by atoms with Crippen LogP contribution in [0.1, 0.15) is 45.6 Å². The first kappa shape index (κ1) is 24.0.